The molecule has 0 bridgehead atoms. The van der Waals surface area contributed by atoms with Crippen molar-refractivity contribution < 1.29 is 5.11 Å². The summed E-state index contributed by atoms with van der Waals surface area (Å²) >= 11 is 0. The van der Waals surface area contributed by atoms with Gasteiger partial charge in [-0.05, 0) is 0 Å². The normalized spacial score (nSPS) is 7.08. The number of rotatable bonds is 1. The van der Waals surface area contributed by atoms with Crippen LogP contribution in [0.3, 0.4) is 0 Å². The van der Waals surface area contributed by atoms with E-state index in [0.717, 1.165) is 5.56 Å². The minimum atomic E-state index is 0.121. The largest absolute Gasteiger partial charge is 0.508 e. The van der Waals surface area contributed by atoms with Crippen LogP contribution in [0.15, 0.2) is 36.9 Å². The van der Waals surface area contributed by atoms with Crippen molar-refractivity contribution in [2.75, 3.05) is 0 Å². The maximum Gasteiger partial charge on any atom is 0.115 e. The van der Waals surface area contributed by atoms with E-state index in [9.17, 15) is 0 Å². The molecule has 74 valence electrons. The zero-order valence-corrected chi connectivity index (χ0v) is 9.04. The molecule has 0 aliphatic rings. The summed E-state index contributed by atoms with van der Waals surface area (Å²) in [4.78, 5) is 0. The summed E-state index contributed by atoms with van der Waals surface area (Å²) in [7, 11) is 0. The van der Waals surface area contributed by atoms with Crippen molar-refractivity contribution in [3.05, 3.63) is 42.5 Å². The minimum Gasteiger partial charge on any atom is -0.508 e. The second-order valence-corrected chi connectivity index (χ2v) is 1.81. The fourth-order valence-electron chi connectivity index (χ4n) is 0.631. The molecule has 1 aromatic carbocycles. The average molecular weight is 180 g/mol. The summed E-state index contributed by atoms with van der Waals surface area (Å²) in [5.41, 5.74) is 0.775. The monoisotopic (exact) mass is 180 g/mol. The molecule has 0 saturated carbocycles. The van der Waals surface area contributed by atoms with Crippen molar-refractivity contribution in [2.24, 2.45) is 0 Å². The number of aliphatic hydroxyl groups is 1. The molecule has 1 N–H and O–H groups in total. The van der Waals surface area contributed by atoms with Gasteiger partial charge in [-0.1, -0.05) is 64.6 Å². The van der Waals surface area contributed by atoms with E-state index in [2.05, 4.69) is 6.58 Å². The van der Waals surface area contributed by atoms with Gasteiger partial charge in [-0.15, -0.1) is 0 Å². The standard InChI is InChI=1S/C8H8O.2C2H6/c1-7(9)8-5-3-2-4-6-8;2*1-2/h2-6,9H,1H2;2*1-2H3. The van der Waals surface area contributed by atoms with Crippen LogP contribution in [0.25, 0.3) is 5.76 Å². The third-order valence-corrected chi connectivity index (χ3v) is 1.11. The van der Waals surface area contributed by atoms with Gasteiger partial charge in [0.05, 0.1) is 0 Å². The van der Waals surface area contributed by atoms with E-state index < -0.39 is 0 Å². The number of hydrogen-bond acceptors (Lipinski definition) is 1. The van der Waals surface area contributed by atoms with E-state index in [-0.39, 0.29) is 5.76 Å². The Morgan fingerprint density at radius 1 is 1.00 bits per heavy atom. The molecule has 0 heterocycles. The van der Waals surface area contributed by atoms with Gasteiger partial charge in [0.15, 0.2) is 0 Å². The third kappa shape index (κ3) is 7.13. The molecule has 0 amide bonds. The van der Waals surface area contributed by atoms with Gasteiger partial charge in [0.25, 0.3) is 0 Å². The average Bonchev–Trinajstić information content (AvgIpc) is 2.25. The van der Waals surface area contributed by atoms with E-state index >= 15 is 0 Å². The molecule has 1 rings (SSSR count). The lowest BCUT2D eigenvalue weighted by Gasteiger charge is -1.93. The quantitative estimate of drug-likeness (QED) is 0.640. The van der Waals surface area contributed by atoms with Gasteiger partial charge in [0.1, 0.15) is 5.76 Å². The van der Waals surface area contributed by atoms with Gasteiger partial charge in [0, 0.05) is 5.56 Å². The van der Waals surface area contributed by atoms with E-state index in [1.54, 1.807) is 0 Å². The van der Waals surface area contributed by atoms with Crippen LogP contribution < -0.4 is 0 Å². The van der Waals surface area contributed by atoms with Crippen LogP contribution in [0.2, 0.25) is 0 Å². The second kappa shape index (κ2) is 10.8. The fourth-order valence-corrected chi connectivity index (χ4v) is 0.631. The van der Waals surface area contributed by atoms with Gasteiger partial charge < -0.3 is 5.11 Å². The van der Waals surface area contributed by atoms with Crippen LogP contribution in [0, 0.1) is 0 Å². The van der Waals surface area contributed by atoms with Crippen molar-refractivity contribution >= 4 is 5.76 Å². The molecule has 0 unspecified atom stereocenters. The Morgan fingerprint density at radius 3 is 1.62 bits per heavy atom. The minimum absolute atomic E-state index is 0.121. The van der Waals surface area contributed by atoms with Crippen molar-refractivity contribution in [3.8, 4) is 0 Å². The summed E-state index contributed by atoms with van der Waals surface area (Å²) in [5.74, 6) is 0.121. The van der Waals surface area contributed by atoms with Crippen LogP contribution in [-0.2, 0) is 0 Å². The van der Waals surface area contributed by atoms with Crippen LogP contribution >= 0.6 is 0 Å². The zero-order chi connectivity index (χ0) is 10.7. The van der Waals surface area contributed by atoms with Crippen molar-refractivity contribution in [1.29, 1.82) is 0 Å². The summed E-state index contributed by atoms with van der Waals surface area (Å²) in [6.45, 7) is 11.4. The van der Waals surface area contributed by atoms with Crippen LogP contribution in [-0.4, -0.2) is 5.11 Å². The molecule has 13 heavy (non-hydrogen) atoms. The molecule has 1 heteroatoms. The number of hydrogen-bond donors (Lipinski definition) is 1. The first kappa shape index (κ1) is 14.3. The molecule has 0 aliphatic heterocycles. The molecule has 1 nitrogen and oxygen atoms in total. The Morgan fingerprint density at radius 2 is 1.38 bits per heavy atom. The summed E-state index contributed by atoms with van der Waals surface area (Å²) in [5, 5.41) is 8.83. The van der Waals surface area contributed by atoms with Gasteiger partial charge in [0.2, 0.25) is 0 Å². The predicted octanol–water partition coefficient (Wildman–Crippen LogP) is 4.27. The maximum absolute atomic E-state index is 8.83. The third-order valence-electron chi connectivity index (χ3n) is 1.11. The molecule has 0 atom stereocenters. The van der Waals surface area contributed by atoms with E-state index in [1.165, 1.54) is 0 Å². The number of aliphatic hydroxyl groups excluding tert-OH is 1. The highest BCUT2D eigenvalue weighted by Gasteiger charge is 1.89. The Balaban J connectivity index is 0. The molecule has 0 saturated heterocycles. The Labute approximate surface area is 81.7 Å². The van der Waals surface area contributed by atoms with Gasteiger partial charge in [-0.25, -0.2) is 0 Å². The molecule has 0 spiro atoms. The van der Waals surface area contributed by atoms with Gasteiger partial charge in [-0.3, -0.25) is 0 Å². The van der Waals surface area contributed by atoms with Crippen molar-refractivity contribution in [2.45, 2.75) is 27.7 Å². The lowest BCUT2D eigenvalue weighted by molar-refractivity contribution is 0.514. The highest BCUT2D eigenvalue weighted by Crippen LogP contribution is 2.06. The molecular weight excluding hydrogens is 160 g/mol. The van der Waals surface area contributed by atoms with Gasteiger partial charge >= 0.3 is 0 Å². The Bertz CT molecular complexity index is 202. The van der Waals surface area contributed by atoms with Crippen molar-refractivity contribution in [1.82, 2.24) is 0 Å². The SMILES string of the molecule is C=C(O)c1ccccc1.CC.CC. The second-order valence-electron chi connectivity index (χ2n) is 1.81. The summed E-state index contributed by atoms with van der Waals surface area (Å²) in [6, 6.07) is 9.23. The van der Waals surface area contributed by atoms with E-state index in [0.29, 0.717) is 0 Å². The summed E-state index contributed by atoms with van der Waals surface area (Å²) < 4.78 is 0. The first-order valence-corrected chi connectivity index (χ1v) is 4.74. The molecule has 0 aromatic heterocycles. The fraction of sp³-hybridized carbons (Fsp3) is 0.333. The smallest absolute Gasteiger partial charge is 0.115 e. The van der Waals surface area contributed by atoms with Crippen molar-refractivity contribution in [3.63, 3.8) is 0 Å². The van der Waals surface area contributed by atoms with Gasteiger partial charge in [-0.2, -0.15) is 0 Å². The topological polar surface area (TPSA) is 20.2 Å². The molecule has 1 aromatic rings. The molecular formula is C12H20O. The Hall–Kier alpha value is -1.24. The molecule has 0 aliphatic carbocycles. The lowest BCUT2D eigenvalue weighted by atomic mass is 10.2. The van der Waals surface area contributed by atoms with E-state index in [4.69, 9.17) is 5.11 Å². The number of benzene rings is 1. The highest BCUT2D eigenvalue weighted by molar-refractivity contribution is 5.55. The predicted molar refractivity (Wildman–Crippen MR) is 60.8 cm³/mol. The van der Waals surface area contributed by atoms with Crippen LogP contribution in [0.5, 0.6) is 0 Å². The lowest BCUT2D eigenvalue weighted by Crippen LogP contribution is -1.76. The van der Waals surface area contributed by atoms with Crippen LogP contribution in [0.4, 0.5) is 0 Å². The maximum atomic E-state index is 8.83. The summed E-state index contributed by atoms with van der Waals surface area (Å²) in [6.07, 6.45) is 0. The van der Waals surface area contributed by atoms with E-state index in [1.807, 2.05) is 58.0 Å². The zero-order valence-electron chi connectivity index (χ0n) is 9.04. The first-order chi connectivity index (χ1) is 6.30. The molecule has 0 radical (unpaired) electrons. The Kier molecular flexibility index (Phi) is 11.8. The first-order valence-electron chi connectivity index (χ1n) is 4.74. The van der Waals surface area contributed by atoms with Crippen LogP contribution in [0.1, 0.15) is 33.3 Å². The highest BCUT2D eigenvalue weighted by atomic mass is 16.3. The molecule has 0 fully saturated rings.